The molecule has 206 valence electrons. The van der Waals surface area contributed by atoms with Gasteiger partial charge in [-0.15, -0.1) is 0 Å². The molecular weight excluding hydrogens is 484 g/mol. The fourth-order valence-electron chi connectivity index (χ4n) is 8.61. The number of hydrogen-bond acceptors (Lipinski definition) is 4. The lowest BCUT2D eigenvalue weighted by Crippen LogP contribution is -2.69. The molecule has 0 radical (unpaired) electrons. The number of carbonyl (C=O) groups excluding carboxylic acids is 1. The minimum absolute atomic E-state index is 0.0226. The maximum Gasteiger partial charge on any atom is 0.246 e. The number of phenolic OH excluding ortho intramolecular Hbond substituents is 1. The second-order valence-electron chi connectivity index (χ2n) is 13.4. The van der Waals surface area contributed by atoms with E-state index in [9.17, 15) is 9.90 Å². The van der Waals surface area contributed by atoms with Crippen LogP contribution in [-0.4, -0.2) is 58.6 Å². The number of nitrogens with zero attached hydrogens (tertiary/aromatic N) is 2. The highest BCUT2D eigenvalue weighted by Gasteiger charge is 2.66. The lowest BCUT2D eigenvalue weighted by Gasteiger charge is -2.60. The fourth-order valence-corrected chi connectivity index (χ4v) is 8.61. The van der Waals surface area contributed by atoms with Gasteiger partial charge in [-0.25, -0.2) is 0 Å². The first-order valence-electron chi connectivity index (χ1n) is 15.2. The molecule has 1 N–H and O–H groups in total. The van der Waals surface area contributed by atoms with Gasteiger partial charge in [0.25, 0.3) is 0 Å². The van der Waals surface area contributed by atoms with E-state index in [0.717, 1.165) is 55.0 Å². The molecule has 5 atom stereocenters. The number of aryl methyl sites for hydroxylation is 1. The molecule has 5 nitrogen and oxygen atoms in total. The average molecular weight is 527 g/mol. The zero-order chi connectivity index (χ0) is 26.9. The van der Waals surface area contributed by atoms with E-state index < -0.39 is 0 Å². The molecule has 3 aliphatic carbocycles. The van der Waals surface area contributed by atoms with E-state index in [0.29, 0.717) is 30.2 Å². The molecule has 1 spiro atoms. The standard InChI is InChI=1S/C34H42N2O3/c1-21(2)19-36(31(38)14-9-23-6-4-5-22(3)17-23)27-11-10-26-28-18-25-29(37)12-13-30-32(25)34(26,33(27)39-30)15-16-35(28)20-24-7-8-24/h4-6,9,12-14,17,21,24,26-28,33,37H,7-8,10-11,15-16,18-20H2,1-3H3/t26-,27+,28+,33-,34-/m0/s1. The first kappa shape index (κ1) is 25.2. The SMILES string of the molecule is Cc1cccc(C=CC(=O)N(CC(C)C)[C@@H]2CC[C@H]3[C@H]4Cc5c(O)ccc6c5[C@@]3(CCN4CC3CC3)[C@H]2O6)c1. The van der Waals surface area contributed by atoms with Crippen molar-refractivity contribution in [2.45, 2.75) is 82.9 Å². The number of hydrogen-bond donors (Lipinski definition) is 1. The molecule has 5 heteroatoms. The number of likely N-dealkylation sites (tertiary alicyclic amines) is 1. The number of carbonyl (C=O) groups is 1. The molecule has 7 rings (SSSR count). The summed E-state index contributed by atoms with van der Waals surface area (Å²) in [6.45, 7) is 9.47. The minimum atomic E-state index is -0.120. The molecule has 2 aliphatic heterocycles. The number of aromatic hydroxyl groups is 1. The van der Waals surface area contributed by atoms with E-state index in [2.05, 4.69) is 48.8 Å². The van der Waals surface area contributed by atoms with Crippen LogP contribution in [0.4, 0.5) is 0 Å². The molecule has 2 saturated carbocycles. The van der Waals surface area contributed by atoms with Gasteiger partial charge in [-0.2, -0.15) is 0 Å². The van der Waals surface area contributed by atoms with Crippen molar-refractivity contribution in [3.8, 4) is 11.5 Å². The Morgan fingerprint density at radius 1 is 1.21 bits per heavy atom. The number of amides is 1. The summed E-state index contributed by atoms with van der Waals surface area (Å²) in [7, 11) is 0. The summed E-state index contributed by atoms with van der Waals surface area (Å²) < 4.78 is 6.92. The number of piperidine rings is 1. The summed E-state index contributed by atoms with van der Waals surface area (Å²) >= 11 is 0. The van der Waals surface area contributed by atoms with Gasteiger partial charge in [0.1, 0.15) is 17.6 Å². The Morgan fingerprint density at radius 2 is 2.05 bits per heavy atom. The van der Waals surface area contributed by atoms with Crippen molar-refractivity contribution in [2.75, 3.05) is 19.6 Å². The number of benzene rings is 2. The highest BCUT2D eigenvalue weighted by molar-refractivity contribution is 5.92. The normalized spacial score (nSPS) is 30.9. The molecule has 3 fully saturated rings. The molecule has 0 aromatic heterocycles. The summed E-state index contributed by atoms with van der Waals surface area (Å²) in [4.78, 5) is 18.8. The van der Waals surface area contributed by atoms with Crippen LogP contribution in [0.25, 0.3) is 6.08 Å². The van der Waals surface area contributed by atoms with Crippen molar-refractivity contribution >= 4 is 12.0 Å². The predicted molar refractivity (Wildman–Crippen MR) is 154 cm³/mol. The largest absolute Gasteiger partial charge is 0.508 e. The van der Waals surface area contributed by atoms with Gasteiger partial charge in [-0.3, -0.25) is 9.69 Å². The van der Waals surface area contributed by atoms with Gasteiger partial charge in [0.2, 0.25) is 5.91 Å². The second-order valence-corrected chi connectivity index (χ2v) is 13.4. The fraction of sp³-hybridized carbons (Fsp3) is 0.559. The first-order valence-corrected chi connectivity index (χ1v) is 15.2. The summed E-state index contributed by atoms with van der Waals surface area (Å²) in [6, 6.07) is 12.6. The molecule has 2 heterocycles. The van der Waals surface area contributed by atoms with Crippen LogP contribution in [0.2, 0.25) is 0 Å². The topological polar surface area (TPSA) is 53.0 Å². The Morgan fingerprint density at radius 3 is 2.82 bits per heavy atom. The van der Waals surface area contributed by atoms with Crippen LogP contribution in [0.3, 0.4) is 0 Å². The first-order chi connectivity index (χ1) is 18.8. The van der Waals surface area contributed by atoms with E-state index in [1.807, 2.05) is 24.3 Å². The van der Waals surface area contributed by atoms with Crippen molar-refractivity contribution in [3.05, 3.63) is 64.7 Å². The summed E-state index contributed by atoms with van der Waals surface area (Å²) in [6.07, 6.45) is 10.4. The average Bonchev–Trinajstić information content (AvgIpc) is 3.67. The van der Waals surface area contributed by atoms with Gasteiger partial charge in [-0.1, -0.05) is 43.7 Å². The van der Waals surface area contributed by atoms with Crippen LogP contribution in [0.1, 0.15) is 68.2 Å². The Labute approximate surface area is 232 Å². The van der Waals surface area contributed by atoms with Crippen LogP contribution >= 0.6 is 0 Å². The Balaban J connectivity index is 1.25. The molecule has 0 unspecified atom stereocenters. The summed E-state index contributed by atoms with van der Waals surface area (Å²) in [5.41, 5.74) is 4.51. The maximum absolute atomic E-state index is 13.9. The second kappa shape index (κ2) is 9.40. The van der Waals surface area contributed by atoms with E-state index >= 15 is 0 Å². The lowest BCUT2D eigenvalue weighted by atomic mass is 9.50. The van der Waals surface area contributed by atoms with Crippen molar-refractivity contribution in [1.29, 1.82) is 0 Å². The molecule has 39 heavy (non-hydrogen) atoms. The Hall–Kier alpha value is -2.79. The third-order valence-electron chi connectivity index (χ3n) is 10.3. The van der Waals surface area contributed by atoms with Crippen LogP contribution in [-0.2, 0) is 16.6 Å². The number of ether oxygens (including phenoxy) is 1. The molecule has 1 saturated heterocycles. The lowest BCUT2D eigenvalue weighted by molar-refractivity contribution is -0.138. The van der Waals surface area contributed by atoms with Crippen molar-refractivity contribution in [2.24, 2.45) is 17.8 Å². The van der Waals surface area contributed by atoms with Crippen LogP contribution in [0.5, 0.6) is 11.5 Å². The monoisotopic (exact) mass is 526 g/mol. The third-order valence-corrected chi connectivity index (χ3v) is 10.3. The van der Waals surface area contributed by atoms with Gasteiger partial charge < -0.3 is 14.7 Å². The highest BCUT2D eigenvalue weighted by Crippen LogP contribution is 2.64. The molecule has 2 aromatic carbocycles. The molecule has 1 amide bonds. The van der Waals surface area contributed by atoms with E-state index in [1.165, 1.54) is 30.5 Å². The quantitative estimate of drug-likeness (QED) is 0.469. The molecule has 2 bridgehead atoms. The number of rotatable bonds is 7. The van der Waals surface area contributed by atoms with E-state index in [-0.39, 0.29) is 23.5 Å². The Kier molecular flexibility index (Phi) is 6.07. The zero-order valence-corrected chi connectivity index (χ0v) is 23.6. The van der Waals surface area contributed by atoms with Gasteiger partial charge >= 0.3 is 0 Å². The van der Waals surface area contributed by atoms with E-state index in [4.69, 9.17) is 4.74 Å². The molecule has 2 aromatic rings. The molecular formula is C34H42N2O3. The molecule has 5 aliphatic rings. The number of phenols is 1. The smallest absolute Gasteiger partial charge is 0.246 e. The van der Waals surface area contributed by atoms with Gasteiger partial charge in [0, 0.05) is 41.7 Å². The summed E-state index contributed by atoms with van der Waals surface area (Å²) in [5.74, 6) is 3.18. The Bertz CT molecular complexity index is 1310. The predicted octanol–water partition coefficient (Wildman–Crippen LogP) is 5.72. The highest BCUT2D eigenvalue weighted by atomic mass is 16.5. The summed E-state index contributed by atoms with van der Waals surface area (Å²) in [5, 5.41) is 11.1. The van der Waals surface area contributed by atoms with Crippen LogP contribution in [0, 0.1) is 24.7 Å². The van der Waals surface area contributed by atoms with Crippen LogP contribution < -0.4 is 4.74 Å². The van der Waals surface area contributed by atoms with E-state index in [1.54, 1.807) is 6.08 Å². The zero-order valence-electron chi connectivity index (χ0n) is 23.6. The van der Waals surface area contributed by atoms with Crippen molar-refractivity contribution < 1.29 is 14.6 Å². The third kappa shape index (κ3) is 4.11. The van der Waals surface area contributed by atoms with Gasteiger partial charge in [-0.05, 0) is 93.5 Å². The van der Waals surface area contributed by atoms with Crippen LogP contribution in [0.15, 0.2) is 42.5 Å². The van der Waals surface area contributed by atoms with Crippen molar-refractivity contribution in [1.82, 2.24) is 9.80 Å². The van der Waals surface area contributed by atoms with Crippen molar-refractivity contribution in [3.63, 3.8) is 0 Å². The van der Waals surface area contributed by atoms with Gasteiger partial charge in [0.05, 0.1) is 6.04 Å². The maximum atomic E-state index is 13.9. The van der Waals surface area contributed by atoms with Gasteiger partial charge in [0.15, 0.2) is 0 Å². The minimum Gasteiger partial charge on any atom is -0.508 e.